The Morgan fingerprint density at radius 1 is 0.429 bits per heavy atom. The Morgan fingerprint density at radius 2 is 0.643 bits per heavy atom. The van der Waals surface area contributed by atoms with E-state index in [1.807, 2.05) is 0 Å². The van der Waals surface area contributed by atoms with Crippen LogP contribution < -0.4 is 40.9 Å². The second-order valence-corrected chi connectivity index (χ2v) is 4.84. The number of aromatic carboxylic acids is 4. The molecule has 0 atom stereocenters. The maximum Gasteiger partial charge on any atom is 0.0709 e. The van der Waals surface area contributed by atoms with Gasteiger partial charge in [-0.05, 0) is 28.3 Å². The Kier molecular flexibility index (Phi) is 6.37. The number of rotatable bonds is 4. The van der Waals surface area contributed by atoms with Crippen LogP contribution in [0.2, 0.25) is 0 Å². The van der Waals surface area contributed by atoms with Crippen molar-refractivity contribution in [3.05, 3.63) is 46.5 Å². The first-order valence-corrected chi connectivity index (χ1v) is 6.76. The molecule has 0 amide bonds. The first-order chi connectivity index (χ1) is 12.9. The van der Waals surface area contributed by atoms with Crippen molar-refractivity contribution in [2.75, 3.05) is 0 Å². The Labute approximate surface area is 154 Å². The summed E-state index contributed by atoms with van der Waals surface area (Å²) in [7, 11) is 0. The van der Waals surface area contributed by atoms with Gasteiger partial charge in [0.05, 0.1) is 23.9 Å². The van der Waals surface area contributed by atoms with Gasteiger partial charge in [0.1, 0.15) is 0 Å². The van der Waals surface area contributed by atoms with E-state index in [1.165, 1.54) is 0 Å². The zero-order valence-corrected chi connectivity index (χ0v) is 13.2. The molecule has 2 rings (SSSR count). The number of benzene rings is 2. The molecule has 2 aromatic rings. The quantitative estimate of drug-likeness (QED) is 0.473. The van der Waals surface area contributed by atoms with Gasteiger partial charge in [-0.15, -0.1) is 11.5 Å². The number of hydrogen-bond acceptors (Lipinski definition) is 12. The topological polar surface area (TPSA) is 253 Å². The van der Waals surface area contributed by atoms with Crippen LogP contribution in [0.15, 0.2) is 24.3 Å². The molecule has 0 saturated carbocycles. The SMILES string of the molecule is O=C([O-])c1cc(C(=O)[O-])c([O-])cc1[O-].O=C([O-])c1cc([O-])c(C(=O)[O-])cc1[O-]. The highest BCUT2D eigenvalue weighted by molar-refractivity contribution is 5.96. The summed E-state index contributed by atoms with van der Waals surface area (Å²) in [5, 5.41) is 84.5. The lowest BCUT2D eigenvalue weighted by Crippen LogP contribution is -2.27. The van der Waals surface area contributed by atoms with E-state index in [4.69, 9.17) is 0 Å². The summed E-state index contributed by atoms with van der Waals surface area (Å²) in [6, 6.07) is 1.62. The zero-order chi connectivity index (χ0) is 21.8. The Bertz CT molecular complexity index is 901. The Balaban J connectivity index is 0.000000280. The van der Waals surface area contributed by atoms with E-state index in [0.717, 1.165) is 0 Å². The third-order valence-corrected chi connectivity index (χ3v) is 3.04. The molecule has 0 saturated heterocycles. The largest absolute Gasteiger partial charge is 0.872 e. The van der Waals surface area contributed by atoms with Gasteiger partial charge in [0.2, 0.25) is 0 Å². The van der Waals surface area contributed by atoms with Gasteiger partial charge in [-0.2, -0.15) is 0 Å². The van der Waals surface area contributed by atoms with Gasteiger partial charge in [0, 0.05) is 0 Å². The highest BCUT2D eigenvalue weighted by Gasteiger charge is 2.01. The van der Waals surface area contributed by atoms with Gasteiger partial charge in [-0.25, -0.2) is 0 Å². The molecule has 0 heterocycles. The van der Waals surface area contributed by atoms with E-state index in [2.05, 4.69) is 0 Å². The van der Waals surface area contributed by atoms with Crippen LogP contribution in [0, 0.1) is 0 Å². The van der Waals surface area contributed by atoms with Crippen LogP contribution in [-0.2, 0) is 0 Å². The first-order valence-electron chi connectivity index (χ1n) is 6.76. The lowest BCUT2D eigenvalue weighted by molar-refractivity contribution is -0.286. The molecule has 0 bridgehead atoms. The number of carboxylic acid groups (broad SMARTS) is 4. The molecular formula is C16H4O12-8. The fourth-order valence-corrected chi connectivity index (χ4v) is 1.76. The summed E-state index contributed by atoms with van der Waals surface area (Å²) in [6.45, 7) is 0. The predicted octanol–water partition coefficient (Wildman–Crippen LogP) is -6.88. The van der Waals surface area contributed by atoms with Crippen molar-refractivity contribution in [2.24, 2.45) is 0 Å². The maximum atomic E-state index is 10.9. The van der Waals surface area contributed by atoms with Crippen LogP contribution >= 0.6 is 0 Å². The molecule has 12 heteroatoms. The minimum Gasteiger partial charge on any atom is -0.872 e. The number of carbonyl (C=O) groups excluding carboxylic acids is 4. The van der Waals surface area contributed by atoms with E-state index in [0.29, 0.717) is 24.3 Å². The first kappa shape index (κ1) is 21.6. The van der Waals surface area contributed by atoms with Crippen molar-refractivity contribution in [1.82, 2.24) is 0 Å². The normalized spacial score (nSPS) is 9.71. The van der Waals surface area contributed by atoms with E-state index in [1.54, 1.807) is 0 Å². The highest BCUT2D eigenvalue weighted by atomic mass is 16.4. The average molecular weight is 388 g/mol. The van der Waals surface area contributed by atoms with Crippen molar-refractivity contribution in [1.29, 1.82) is 0 Å². The number of carboxylic acids is 4. The molecule has 0 unspecified atom stereocenters. The van der Waals surface area contributed by atoms with Crippen LogP contribution in [0.5, 0.6) is 23.0 Å². The van der Waals surface area contributed by atoms with Gasteiger partial charge in [-0.3, -0.25) is 0 Å². The fraction of sp³-hybridized carbons (Fsp3) is 0. The lowest BCUT2D eigenvalue weighted by atomic mass is 10.1. The van der Waals surface area contributed by atoms with Crippen molar-refractivity contribution in [2.45, 2.75) is 0 Å². The van der Waals surface area contributed by atoms with Crippen molar-refractivity contribution >= 4 is 23.9 Å². The zero-order valence-electron chi connectivity index (χ0n) is 13.2. The molecule has 2 aromatic carbocycles. The molecule has 148 valence electrons. The molecular weight excluding hydrogens is 384 g/mol. The Morgan fingerprint density at radius 3 is 0.893 bits per heavy atom. The van der Waals surface area contributed by atoms with E-state index in [-0.39, 0.29) is 0 Å². The third kappa shape index (κ3) is 4.78. The van der Waals surface area contributed by atoms with Gasteiger partial charge < -0.3 is 60.0 Å². The average Bonchev–Trinajstić information content (AvgIpc) is 2.56. The standard InChI is InChI=1S/2C8H6O6/c9-5-1-3(7(11)12)6(10)2-4(5)8(13)14;9-5-2-6(10)4(8(13)14)1-3(5)7(11)12/h2*1-2,9-10H,(H,11,12)(H,13,14)/p-8. The fourth-order valence-electron chi connectivity index (χ4n) is 1.76. The molecule has 0 N–H and O–H groups in total. The molecule has 0 aliphatic rings. The molecule has 0 fully saturated rings. The summed E-state index contributed by atoms with van der Waals surface area (Å²) < 4.78 is 0. The molecule has 28 heavy (non-hydrogen) atoms. The molecule has 0 aromatic heterocycles. The third-order valence-electron chi connectivity index (χ3n) is 3.04. The Hall–Kier alpha value is -4.48. The van der Waals surface area contributed by atoms with Crippen molar-refractivity contribution < 1.29 is 60.0 Å². The van der Waals surface area contributed by atoms with E-state index < -0.39 is 69.1 Å². The minimum absolute atomic E-state index is 0.371. The van der Waals surface area contributed by atoms with Crippen molar-refractivity contribution in [3.63, 3.8) is 0 Å². The second kappa shape index (κ2) is 8.27. The van der Waals surface area contributed by atoms with Crippen LogP contribution in [0.3, 0.4) is 0 Å². The summed E-state index contributed by atoms with van der Waals surface area (Å²) in [5.74, 6) is -11.7. The van der Waals surface area contributed by atoms with E-state index >= 15 is 0 Å². The summed E-state index contributed by atoms with van der Waals surface area (Å²) in [5.41, 5.74) is -3.47. The van der Waals surface area contributed by atoms with Gasteiger partial charge in [-0.1, -0.05) is 29.7 Å². The summed E-state index contributed by atoms with van der Waals surface area (Å²) in [6.07, 6.45) is 0. The summed E-state index contributed by atoms with van der Waals surface area (Å²) in [4.78, 5) is 41.0. The van der Waals surface area contributed by atoms with Crippen LogP contribution in [-0.4, -0.2) is 23.9 Å². The van der Waals surface area contributed by atoms with Gasteiger partial charge in [0.15, 0.2) is 0 Å². The number of hydrogen-bond donors (Lipinski definition) is 0. The van der Waals surface area contributed by atoms with Crippen molar-refractivity contribution in [3.8, 4) is 23.0 Å². The second-order valence-electron chi connectivity index (χ2n) is 4.84. The van der Waals surface area contributed by atoms with Crippen LogP contribution in [0.25, 0.3) is 0 Å². The highest BCUT2D eigenvalue weighted by Crippen LogP contribution is 2.23. The number of carbonyl (C=O) groups is 4. The lowest BCUT2D eigenvalue weighted by Gasteiger charge is -2.22. The van der Waals surface area contributed by atoms with Crippen LogP contribution in [0.1, 0.15) is 41.4 Å². The minimum atomic E-state index is -1.84. The molecule has 0 aliphatic carbocycles. The monoisotopic (exact) mass is 388 g/mol. The predicted molar refractivity (Wildman–Crippen MR) is 68.0 cm³/mol. The maximum absolute atomic E-state index is 10.9. The van der Waals surface area contributed by atoms with E-state index in [9.17, 15) is 60.0 Å². The molecule has 12 nitrogen and oxygen atoms in total. The van der Waals surface area contributed by atoms with Crippen LogP contribution in [0.4, 0.5) is 0 Å². The molecule has 0 aliphatic heterocycles. The smallest absolute Gasteiger partial charge is 0.0709 e. The summed E-state index contributed by atoms with van der Waals surface area (Å²) >= 11 is 0. The molecule has 0 radical (unpaired) electrons. The van der Waals surface area contributed by atoms with Gasteiger partial charge in [0.25, 0.3) is 0 Å². The van der Waals surface area contributed by atoms with Gasteiger partial charge >= 0.3 is 0 Å². The molecule has 0 spiro atoms.